The van der Waals surface area contributed by atoms with Gasteiger partial charge in [-0.15, -0.1) is 0 Å². The normalized spacial score (nSPS) is 54.5. The van der Waals surface area contributed by atoms with Crippen molar-refractivity contribution in [2.75, 3.05) is 39.6 Å². The molecule has 2 bridgehead atoms. The summed E-state index contributed by atoms with van der Waals surface area (Å²) in [4.78, 5) is 15.4. The Labute approximate surface area is 509 Å². The van der Waals surface area contributed by atoms with Gasteiger partial charge in [0.1, 0.15) is 140 Å². The Kier molecular flexibility index (Phi) is 21.4. The zero-order chi connectivity index (χ0) is 64.7. The quantitative estimate of drug-likeness (QED) is 0.0344. The first-order chi connectivity index (χ1) is 42.1. The van der Waals surface area contributed by atoms with Crippen molar-refractivity contribution in [1.82, 2.24) is 0 Å². The number of ether oxygens (including phenoxy) is 12. The fourth-order valence-corrected chi connectivity index (χ4v) is 16.4. The second kappa shape index (κ2) is 27.2. The van der Waals surface area contributed by atoms with E-state index in [9.17, 15) is 102 Å². The van der Waals surface area contributed by atoms with Crippen molar-refractivity contribution < 1.29 is 164 Å². The highest BCUT2D eigenvalue weighted by Gasteiger charge is 2.70. The molecule has 89 heavy (non-hydrogen) atoms. The van der Waals surface area contributed by atoms with Gasteiger partial charge in [-0.05, 0) is 86.5 Å². The van der Waals surface area contributed by atoms with Crippen LogP contribution in [0.5, 0.6) is 0 Å². The van der Waals surface area contributed by atoms with Gasteiger partial charge in [-0.25, -0.2) is 0 Å². The van der Waals surface area contributed by atoms with Crippen molar-refractivity contribution >= 4 is 5.97 Å². The molecular weight excluding hydrogens is 1200 g/mol. The lowest BCUT2D eigenvalue weighted by Gasteiger charge is -2.64. The van der Waals surface area contributed by atoms with Gasteiger partial charge < -0.3 is 159 Å². The maximum absolute atomic E-state index is 15.4. The monoisotopic (exact) mass is 1290 g/mol. The van der Waals surface area contributed by atoms with Crippen molar-refractivity contribution in [3.05, 3.63) is 12.2 Å². The Morgan fingerprint density at radius 3 is 1.18 bits per heavy atom. The average molecular weight is 1290 g/mol. The van der Waals surface area contributed by atoms with Gasteiger partial charge in [-0.2, -0.15) is 0 Å². The molecule has 1 spiro atoms. The molecule has 6 unspecified atom stereocenters. The van der Waals surface area contributed by atoms with E-state index >= 15 is 4.79 Å². The van der Waals surface area contributed by atoms with Crippen molar-refractivity contribution in [2.24, 2.45) is 28.1 Å². The highest BCUT2D eigenvalue weighted by atomic mass is 16.8. The summed E-state index contributed by atoms with van der Waals surface area (Å²) < 4.78 is 72.9. The molecule has 0 aromatic rings. The first-order valence-electron chi connectivity index (χ1n) is 30.4. The summed E-state index contributed by atoms with van der Waals surface area (Å²) in [5, 5.41) is 215. The van der Waals surface area contributed by atoms with Crippen LogP contribution < -0.4 is 0 Å². The first kappa shape index (κ1) is 69.8. The lowest BCUT2D eigenvalue weighted by molar-refractivity contribution is -0.400. The average Bonchev–Trinajstić information content (AvgIpc) is 1.62. The number of hydrogen-bond acceptors (Lipinski definition) is 33. The number of fused-ring (bicyclic) bond motifs is 3. The van der Waals surface area contributed by atoms with E-state index in [1.54, 1.807) is 6.92 Å². The maximum Gasteiger partial charge on any atom is 0.314 e. The molecule has 10 rings (SSSR count). The van der Waals surface area contributed by atoms with Crippen LogP contribution in [-0.4, -0.2) is 338 Å². The fourth-order valence-electron chi connectivity index (χ4n) is 16.4. The molecule has 6 heterocycles. The van der Waals surface area contributed by atoms with Crippen molar-refractivity contribution in [3.8, 4) is 0 Å². The van der Waals surface area contributed by atoms with E-state index in [2.05, 4.69) is 13.5 Å². The largest absolute Gasteiger partial charge is 0.432 e. The van der Waals surface area contributed by atoms with Crippen LogP contribution in [-0.2, 0) is 61.6 Å². The van der Waals surface area contributed by atoms with Crippen molar-refractivity contribution in [3.63, 3.8) is 0 Å². The van der Waals surface area contributed by atoms with Crippen molar-refractivity contribution in [2.45, 2.75) is 261 Å². The zero-order valence-corrected chi connectivity index (χ0v) is 49.0. The van der Waals surface area contributed by atoms with Gasteiger partial charge >= 0.3 is 5.97 Å². The van der Waals surface area contributed by atoms with E-state index in [4.69, 9.17) is 56.8 Å². The molecule has 0 radical (unpaired) electrons. The molecule has 20 N–H and O–H groups in total. The van der Waals surface area contributed by atoms with Crippen LogP contribution >= 0.6 is 0 Å². The summed E-state index contributed by atoms with van der Waals surface area (Å²) in [7, 11) is 0. The standard InChI is InChI=1S/C56H90O33/c1-19-11-55-9-5-26-53(2,7-4-8-54(26,3)52(77)88-50-44(86-48-40(75)36(71)30(65)22(14-59)80-48)42(32(67)24(16-61)82-50)84-46-38(73)34(69)28(63)20(12-57)78-46)27(55)6-10-56(19,18-55)89-51-45(87-49-41(76)37(72)31(66)23(15-60)81-49)43(33(68)25(17-62)83-51)85-47-39(74)35(70)29(64)21(13-58)79-47/h20-51,57-76H,1,4-18H2,2-3H3/t20-,21-,22-,23-,24?,25-,26+,27?,28-,29-,30-,31-,32?,33-,34+,35+,36+,37+,38-,39-,40-,41-,42?,43+,44?,45-,46+,47+,48+,49+,50?,51+,53-,54-,55-,56-/m1/s1. The van der Waals surface area contributed by atoms with E-state index in [1.807, 2.05) is 0 Å². The predicted octanol–water partition coefficient (Wildman–Crippen LogP) is -9.47. The molecule has 0 aromatic carbocycles. The van der Waals surface area contributed by atoms with Crippen LogP contribution in [0, 0.1) is 28.1 Å². The van der Waals surface area contributed by atoms with Crippen LogP contribution in [0.4, 0.5) is 0 Å². The summed E-state index contributed by atoms with van der Waals surface area (Å²) in [6, 6.07) is 0. The SMILES string of the molecule is C=C1C[C@@]23CC[C@@H]4[C@](C)(C(=O)OC5OC(CO)C(O)C(O[C@@H]6O[C@H](CO)[C@@H](O)[C@H](O)[C@H]6O)C5O[C@@H]5O[C@H](CO)[C@@H](O)[C@H](O)[C@H]5O)CCC[C@@]4(C)C2CC[C@@]1(O[C@@H]1O[C@H](CO)[C@@H](O)[C@H](O[C@@H]2O[C@H](CO)[C@@H](O)[C@H](O)[C@H]2O)[C@H]1O[C@@H]1O[C@H](CO)[C@@H](O)[C@H](O)[C@H]1O)C3. The minimum absolute atomic E-state index is 0.154. The molecular formula is C56H90O33. The minimum atomic E-state index is -2.08. The second-order valence-electron chi connectivity index (χ2n) is 26.4. The molecule has 4 saturated carbocycles. The summed E-state index contributed by atoms with van der Waals surface area (Å²) in [6.07, 6.45) is -51.9. The molecule has 4 aliphatic carbocycles. The molecule has 10 aliphatic rings. The van der Waals surface area contributed by atoms with Gasteiger partial charge in [0.05, 0.1) is 50.7 Å². The van der Waals surface area contributed by atoms with Crippen molar-refractivity contribution in [1.29, 1.82) is 0 Å². The maximum atomic E-state index is 15.4. The van der Waals surface area contributed by atoms with Crippen LogP contribution in [0.25, 0.3) is 0 Å². The number of carbonyl (C=O) groups excluding carboxylic acids is 1. The van der Waals surface area contributed by atoms with E-state index in [-0.39, 0.29) is 25.2 Å². The molecule has 512 valence electrons. The van der Waals surface area contributed by atoms with Gasteiger partial charge in [-0.1, -0.05) is 19.9 Å². The second-order valence-corrected chi connectivity index (χ2v) is 26.4. The van der Waals surface area contributed by atoms with Crippen LogP contribution in [0.3, 0.4) is 0 Å². The molecule has 6 saturated heterocycles. The molecule has 33 heteroatoms. The Hall–Kier alpha value is -2.03. The predicted molar refractivity (Wildman–Crippen MR) is 284 cm³/mol. The number of rotatable bonds is 18. The van der Waals surface area contributed by atoms with Gasteiger partial charge in [0, 0.05) is 0 Å². The van der Waals surface area contributed by atoms with Gasteiger partial charge in [-0.3, -0.25) is 4.79 Å². The van der Waals surface area contributed by atoms with Gasteiger partial charge in [0.15, 0.2) is 37.6 Å². The Morgan fingerprint density at radius 1 is 0.427 bits per heavy atom. The van der Waals surface area contributed by atoms with Gasteiger partial charge in [0.25, 0.3) is 0 Å². The van der Waals surface area contributed by atoms with E-state index < -0.39 is 258 Å². The van der Waals surface area contributed by atoms with Crippen LogP contribution in [0.15, 0.2) is 12.2 Å². The number of hydrogen-bond donors (Lipinski definition) is 20. The fraction of sp³-hybridized carbons (Fsp3) is 0.946. The Balaban J connectivity index is 0.921. The number of aliphatic hydroxyl groups is 20. The molecule has 36 atom stereocenters. The third kappa shape index (κ3) is 12.3. The van der Waals surface area contributed by atoms with Crippen LogP contribution in [0.2, 0.25) is 0 Å². The zero-order valence-electron chi connectivity index (χ0n) is 49.0. The molecule has 0 amide bonds. The smallest absolute Gasteiger partial charge is 0.314 e. The highest BCUT2D eigenvalue weighted by molar-refractivity contribution is 5.77. The molecule has 33 nitrogen and oxygen atoms in total. The summed E-state index contributed by atoms with van der Waals surface area (Å²) in [5.74, 6) is -1.44. The lowest BCUT2D eigenvalue weighted by atomic mass is 9.41. The lowest BCUT2D eigenvalue weighted by Crippen LogP contribution is -2.68. The van der Waals surface area contributed by atoms with E-state index in [1.165, 1.54) is 0 Å². The Morgan fingerprint density at radius 2 is 0.775 bits per heavy atom. The number of carbonyl (C=O) groups is 1. The van der Waals surface area contributed by atoms with E-state index in [0.29, 0.717) is 44.1 Å². The van der Waals surface area contributed by atoms with Crippen LogP contribution in [0.1, 0.15) is 71.6 Å². The third-order valence-corrected chi connectivity index (χ3v) is 21.3. The Bertz CT molecular complexity index is 2390. The topological polar surface area (TPSA) is 532 Å². The molecule has 0 aromatic heterocycles. The molecule has 10 fully saturated rings. The third-order valence-electron chi connectivity index (χ3n) is 21.3. The van der Waals surface area contributed by atoms with E-state index in [0.717, 1.165) is 0 Å². The first-order valence-corrected chi connectivity index (χ1v) is 30.4. The number of aliphatic hydroxyl groups excluding tert-OH is 20. The molecule has 6 aliphatic heterocycles. The highest BCUT2D eigenvalue weighted by Crippen LogP contribution is 2.74. The summed E-state index contributed by atoms with van der Waals surface area (Å²) in [5.41, 5.74) is -3.24. The summed E-state index contributed by atoms with van der Waals surface area (Å²) >= 11 is 0. The van der Waals surface area contributed by atoms with Gasteiger partial charge in [0.2, 0.25) is 6.29 Å². The number of esters is 1. The minimum Gasteiger partial charge on any atom is -0.432 e. The summed E-state index contributed by atoms with van der Waals surface area (Å²) in [6.45, 7) is 3.03.